The summed E-state index contributed by atoms with van der Waals surface area (Å²) in [6.07, 6.45) is -1.63. The minimum atomic E-state index is -1.27. The number of anilines is 1. The Kier molecular flexibility index (Phi) is 5.42. The summed E-state index contributed by atoms with van der Waals surface area (Å²) in [6.45, 7) is 5.11. The van der Waals surface area contributed by atoms with Gasteiger partial charge in [0.25, 0.3) is 0 Å². The Labute approximate surface area is 166 Å². The molecule has 11 nitrogen and oxygen atoms in total. The van der Waals surface area contributed by atoms with Gasteiger partial charge in [-0.2, -0.15) is 5.10 Å². The average molecular weight is 406 g/mol. The molecule has 2 aromatic rings. The highest BCUT2D eigenvalue weighted by atomic mass is 16.7. The average Bonchev–Trinajstić information content (AvgIpc) is 3.15. The Bertz CT molecular complexity index is 959. The van der Waals surface area contributed by atoms with Crippen LogP contribution in [0.2, 0.25) is 0 Å². The van der Waals surface area contributed by atoms with Crippen molar-refractivity contribution in [3.8, 4) is 0 Å². The lowest BCUT2D eigenvalue weighted by Crippen LogP contribution is -2.48. The molecule has 1 fully saturated rings. The summed E-state index contributed by atoms with van der Waals surface area (Å²) in [4.78, 5) is 38.8. The fourth-order valence-electron chi connectivity index (χ4n) is 3.39. The molecule has 0 aliphatic carbocycles. The molecule has 0 saturated carbocycles. The lowest BCUT2D eigenvalue weighted by Gasteiger charge is -2.30. The van der Waals surface area contributed by atoms with Crippen LogP contribution in [0.25, 0.3) is 5.52 Å². The Morgan fingerprint density at radius 3 is 2.48 bits per heavy atom. The first-order valence-corrected chi connectivity index (χ1v) is 8.86. The number of carbonyl (C=O) groups is 3. The highest BCUT2D eigenvalue weighted by Crippen LogP contribution is 2.44. The van der Waals surface area contributed by atoms with Crippen LogP contribution in [0.5, 0.6) is 0 Å². The van der Waals surface area contributed by atoms with Crippen molar-refractivity contribution in [2.75, 3.05) is 12.3 Å². The van der Waals surface area contributed by atoms with Crippen LogP contribution in [-0.2, 0) is 33.3 Å². The van der Waals surface area contributed by atoms with E-state index in [1.807, 2.05) is 0 Å². The number of ether oxygens (including phenoxy) is 4. The topological polar surface area (TPSA) is 144 Å². The van der Waals surface area contributed by atoms with Gasteiger partial charge < -0.3 is 24.7 Å². The van der Waals surface area contributed by atoms with Crippen molar-refractivity contribution >= 4 is 29.2 Å². The van der Waals surface area contributed by atoms with Crippen LogP contribution in [-0.4, -0.2) is 56.9 Å². The van der Waals surface area contributed by atoms with Gasteiger partial charge in [0.05, 0.1) is 5.69 Å². The molecule has 0 bridgehead atoms. The van der Waals surface area contributed by atoms with Crippen molar-refractivity contribution in [2.45, 2.75) is 51.6 Å². The molecule has 2 aromatic heterocycles. The SMILES string of the molecule is CC(=O)OC[C@@]1(C)O[C@@H](c2ccc3c(N)ncnn23)[C@H](OC(C)=O)[C@@H]1OC(C)=O. The summed E-state index contributed by atoms with van der Waals surface area (Å²) in [5, 5.41) is 4.18. The minimum Gasteiger partial charge on any atom is -0.463 e. The normalized spacial score (nSPS) is 26.3. The minimum absolute atomic E-state index is 0.213. The van der Waals surface area contributed by atoms with Crippen molar-refractivity contribution in [1.82, 2.24) is 14.6 Å². The number of nitrogens with two attached hydrogens (primary N) is 1. The van der Waals surface area contributed by atoms with Crippen LogP contribution in [0, 0.1) is 0 Å². The van der Waals surface area contributed by atoms with Crippen LogP contribution in [0.15, 0.2) is 18.5 Å². The van der Waals surface area contributed by atoms with Gasteiger partial charge in [0.2, 0.25) is 0 Å². The lowest BCUT2D eigenvalue weighted by atomic mass is 9.96. The molecule has 3 rings (SSSR count). The largest absolute Gasteiger partial charge is 0.463 e. The Balaban J connectivity index is 2.08. The van der Waals surface area contributed by atoms with E-state index in [1.54, 1.807) is 19.1 Å². The van der Waals surface area contributed by atoms with E-state index >= 15 is 0 Å². The molecule has 1 aliphatic rings. The number of esters is 3. The molecule has 4 atom stereocenters. The molecule has 3 heterocycles. The molecular formula is C18H22N4O7. The summed E-state index contributed by atoms with van der Waals surface area (Å²) < 4.78 is 23.7. The highest BCUT2D eigenvalue weighted by molar-refractivity contribution is 5.68. The summed E-state index contributed by atoms with van der Waals surface area (Å²) >= 11 is 0. The molecular weight excluding hydrogens is 384 g/mol. The van der Waals surface area contributed by atoms with E-state index in [-0.39, 0.29) is 12.4 Å². The fraction of sp³-hybridized carbons (Fsp3) is 0.500. The van der Waals surface area contributed by atoms with Crippen molar-refractivity contribution in [3.05, 3.63) is 24.2 Å². The molecule has 0 amide bonds. The van der Waals surface area contributed by atoms with Gasteiger partial charge >= 0.3 is 17.9 Å². The number of carbonyl (C=O) groups excluding carboxylic acids is 3. The Morgan fingerprint density at radius 1 is 1.17 bits per heavy atom. The number of hydrogen-bond donors (Lipinski definition) is 1. The summed E-state index contributed by atoms with van der Waals surface area (Å²) in [5.74, 6) is -1.46. The third-order valence-electron chi connectivity index (χ3n) is 4.55. The molecule has 0 radical (unpaired) electrons. The number of nitrogen functional groups attached to an aromatic ring is 1. The van der Waals surface area contributed by atoms with Crippen molar-refractivity contribution in [3.63, 3.8) is 0 Å². The zero-order valence-electron chi connectivity index (χ0n) is 16.4. The first-order chi connectivity index (χ1) is 13.6. The summed E-state index contributed by atoms with van der Waals surface area (Å²) in [5.41, 5.74) is 5.65. The molecule has 0 spiro atoms. The van der Waals surface area contributed by atoms with Gasteiger partial charge in [-0.1, -0.05) is 0 Å². The Morgan fingerprint density at radius 2 is 1.86 bits per heavy atom. The van der Waals surface area contributed by atoms with Gasteiger partial charge in [-0.15, -0.1) is 0 Å². The maximum atomic E-state index is 11.8. The smallest absolute Gasteiger partial charge is 0.303 e. The van der Waals surface area contributed by atoms with E-state index in [1.165, 1.54) is 31.6 Å². The van der Waals surface area contributed by atoms with Gasteiger partial charge in [-0.25, -0.2) is 9.50 Å². The van der Waals surface area contributed by atoms with Crippen molar-refractivity contribution < 1.29 is 33.3 Å². The highest BCUT2D eigenvalue weighted by Gasteiger charge is 2.58. The van der Waals surface area contributed by atoms with E-state index in [0.29, 0.717) is 11.2 Å². The van der Waals surface area contributed by atoms with Gasteiger partial charge in [-0.05, 0) is 19.1 Å². The van der Waals surface area contributed by atoms with E-state index in [9.17, 15) is 14.4 Å². The second-order valence-corrected chi connectivity index (χ2v) is 6.94. The first kappa shape index (κ1) is 20.5. The molecule has 11 heteroatoms. The second kappa shape index (κ2) is 7.66. The predicted octanol–water partition coefficient (Wildman–Crippen LogP) is 0.568. The fourth-order valence-corrected chi connectivity index (χ4v) is 3.39. The molecule has 2 N–H and O–H groups in total. The zero-order valence-corrected chi connectivity index (χ0v) is 16.4. The number of rotatable bonds is 5. The van der Waals surface area contributed by atoms with E-state index in [0.717, 1.165) is 0 Å². The molecule has 156 valence electrons. The quantitative estimate of drug-likeness (QED) is 0.552. The van der Waals surface area contributed by atoms with Crippen molar-refractivity contribution in [2.24, 2.45) is 0 Å². The van der Waals surface area contributed by atoms with Crippen LogP contribution in [0.1, 0.15) is 39.5 Å². The van der Waals surface area contributed by atoms with E-state index in [4.69, 9.17) is 24.7 Å². The van der Waals surface area contributed by atoms with E-state index in [2.05, 4.69) is 10.1 Å². The number of nitrogens with zero attached hydrogens (tertiary/aromatic N) is 3. The molecule has 0 aromatic carbocycles. The molecule has 1 aliphatic heterocycles. The molecule has 0 unspecified atom stereocenters. The zero-order chi connectivity index (χ0) is 21.3. The van der Waals surface area contributed by atoms with Crippen LogP contribution in [0.3, 0.4) is 0 Å². The van der Waals surface area contributed by atoms with Crippen LogP contribution < -0.4 is 5.73 Å². The van der Waals surface area contributed by atoms with Crippen LogP contribution >= 0.6 is 0 Å². The standard InChI is InChI=1S/C18H22N4O7/c1-9(23)26-7-18(4)16(28-11(3)25)15(27-10(2)24)14(29-18)12-5-6-13-17(19)20-8-21-22(12)13/h5-6,8,14-16H,7H2,1-4H3,(H2,19,20,21)/t14-,15-,16-,18+/m0/s1. The third-order valence-corrected chi connectivity index (χ3v) is 4.55. The first-order valence-electron chi connectivity index (χ1n) is 8.86. The second-order valence-electron chi connectivity index (χ2n) is 6.94. The summed E-state index contributed by atoms with van der Waals surface area (Å²) in [7, 11) is 0. The van der Waals surface area contributed by atoms with Gasteiger partial charge in [-0.3, -0.25) is 14.4 Å². The maximum absolute atomic E-state index is 11.8. The predicted molar refractivity (Wildman–Crippen MR) is 97.4 cm³/mol. The van der Waals surface area contributed by atoms with Gasteiger partial charge in [0, 0.05) is 20.8 Å². The number of hydrogen-bond acceptors (Lipinski definition) is 10. The summed E-state index contributed by atoms with van der Waals surface area (Å²) in [6, 6.07) is 3.39. The Hall–Kier alpha value is -3.21. The monoisotopic (exact) mass is 406 g/mol. The third kappa shape index (κ3) is 3.99. The van der Waals surface area contributed by atoms with E-state index < -0.39 is 41.8 Å². The lowest BCUT2D eigenvalue weighted by molar-refractivity contribution is -0.174. The maximum Gasteiger partial charge on any atom is 0.303 e. The molecule has 29 heavy (non-hydrogen) atoms. The van der Waals surface area contributed by atoms with Crippen LogP contribution in [0.4, 0.5) is 5.82 Å². The van der Waals surface area contributed by atoms with Gasteiger partial charge in [0.1, 0.15) is 30.2 Å². The van der Waals surface area contributed by atoms with Crippen molar-refractivity contribution in [1.29, 1.82) is 0 Å². The number of aromatic nitrogens is 3. The number of fused-ring (bicyclic) bond motifs is 1. The van der Waals surface area contributed by atoms with Gasteiger partial charge in [0.15, 0.2) is 18.0 Å². The molecule has 1 saturated heterocycles.